The molecule has 0 fully saturated rings. The monoisotopic (exact) mass is 378 g/mol. The number of non-ortho nitro benzene ring substituents is 1. The van der Waals surface area contributed by atoms with Crippen LogP contribution in [-0.4, -0.2) is 26.6 Å². The Kier molecular flexibility index (Phi) is 4.47. The highest BCUT2D eigenvalue weighted by Crippen LogP contribution is 2.24. The van der Waals surface area contributed by atoms with E-state index in [-0.39, 0.29) is 17.3 Å². The molecule has 0 aliphatic carbocycles. The van der Waals surface area contributed by atoms with Gasteiger partial charge in [0, 0.05) is 17.8 Å². The third-order valence-electron chi connectivity index (χ3n) is 4.03. The van der Waals surface area contributed by atoms with Crippen molar-refractivity contribution in [2.75, 3.05) is 11.1 Å². The van der Waals surface area contributed by atoms with Gasteiger partial charge in [0.15, 0.2) is 5.16 Å². The number of fused-ring (bicyclic) bond motifs is 2. The van der Waals surface area contributed by atoms with Crippen molar-refractivity contribution in [3.05, 3.63) is 70.8 Å². The summed E-state index contributed by atoms with van der Waals surface area (Å²) in [5, 5.41) is 16.4. The number of nitro groups is 1. The topological polar surface area (TPSA) is 101 Å². The summed E-state index contributed by atoms with van der Waals surface area (Å²) in [6, 6.07) is 18.1. The number of benzene rings is 3. The molecular formula is C19H14N4O3S. The van der Waals surface area contributed by atoms with E-state index in [0.717, 1.165) is 16.5 Å². The van der Waals surface area contributed by atoms with Gasteiger partial charge >= 0.3 is 0 Å². The number of amides is 1. The molecule has 1 aromatic heterocycles. The molecule has 0 atom stereocenters. The molecule has 1 amide bonds. The molecule has 7 nitrogen and oxygen atoms in total. The van der Waals surface area contributed by atoms with Crippen molar-refractivity contribution in [1.29, 1.82) is 0 Å². The Morgan fingerprint density at radius 3 is 2.74 bits per heavy atom. The number of nitrogens with zero attached hydrogens (tertiary/aromatic N) is 2. The molecule has 134 valence electrons. The van der Waals surface area contributed by atoms with Crippen LogP contribution >= 0.6 is 11.8 Å². The minimum absolute atomic E-state index is 0.00301. The normalized spacial score (nSPS) is 11.0. The van der Waals surface area contributed by atoms with E-state index < -0.39 is 4.92 Å². The fourth-order valence-corrected chi connectivity index (χ4v) is 3.44. The quantitative estimate of drug-likeness (QED) is 0.305. The molecule has 8 heteroatoms. The summed E-state index contributed by atoms with van der Waals surface area (Å²) in [6.45, 7) is 0. The molecule has 0 spiro atoms. The number of aromatic amines is 1. The van der Waals surface area contributed by atoms with Crippen molar-refractivity contribution in [3.63, 3.8) is 0 Å². The van der Waals surface area contributed by atoms with Crippen molar-refractivity contribution in [3.8, 4) is 0 Å². The van der Waals surface area contributed by atoms with Gasteiger partial charge in [-0.3, -0.25) is 14.9 Å². The predicted octanol–water partition coefficient (Wildman–Crippen LogP) is 4.36. The Morgan fingerprint density at radius 2 is 1.93 bits per heavy atom. The molecule has 1 heterocycles. The molecule has 27 heavy (non-hydrogen) atoms. The molecular weight excluding hydrogens is 364 g/mol. The summed E-state index contributed by atoms with van der Waals surface area (Å²) in [5.41, 5.74) is 1.93. The van der Waals surface area contributed by atoms with Gasteiger partial charge < -0.3 is 10.3 Å². The van der Waals surface area contributed by atoms with Crippen LogP contribution in [0.4, 0.5) is 11.4 Å². The Morgan fingerprint density at radius 1 is 1.11 bits per heavy atom. The molecule has 0 saturated heterocycles. The van der Waals surface area contributed by atoms with Gasteiger partial charge in [-0.2, -0.15) is 0 Å². The van der Waals surface area contributed by atoms with Gasteiger partial charge in [-0.05, 0) is 29.0 Å². The predicted molar refractivity (Wildman–Crippen MR) is 106 cm³/mol. The molecule has 4 aromatic rings. The zero-order valence-electron chi connectivity index (χ0n) is 14.0. The van der Waals surface area contributed by atoms with E-state index in [1.165, 1.54) is 23.9 Å². The average Bonchev–Trinajstić information content (AvgIpc) is 3.08. The fraction of sp³-hybridized carbons (Fsp3) is 0.0526. The number of rotatable bonds is 5. The van der Waals surface area contributed by atoms with E-state index in [0.29, 0.717) is 16.2 Å². The van der Waals surface area contributed by atoms with Crippen molar-refractivity contribution < 1.29 is 9.72 Å². The minimum atomic E-state index is -0.454. The highest BCUT2D eigenvalue weighted by molar-refractivity contribution is 7.99. The molecule has 4 rings (SSSR count). The number of aromatic nitrogens is 2. The lowest BCUT2D eigenvalue weighted by Gasteiger charge is -2.06. The van der Waals surface area contributed by atoms with Gasteiger partial charge in [0.05, 0.1) is 21.7 Å². The minimum Gasteiger partial charge on any atom is -0.333 e. The lowest BCUT2D eigenvalue weighted by atomic mass is 10.1. The number of carbonyl (C=O) groups is 1. The highest BCUT2D eigenvalue weighted by Gasteiger charge is 2.11. The molecule has 0 radical (unpaired) electrons. The number of thioether (sulfide) groups is 1. The Labute approximate surface area is 157 Å². The number of carbonyl (C=O) groups excluding carboxylic acids is 1. The second kappa shape index (κ2) is 7.08. The number of nitro benzene ring substituents is 1. The Hall–Kier alpha value is -3.39. The van der Waals surface area contributed by atoms with E-state index in [1.807, 2.05) is 42.5 Å². The molecule has 0 bridgehead atoms. The van der Waals surface area contributed by atoms with E-state index in [4.69, 9.17) is 0 Å². The van der Waals surface area contributed by atoms with E-state index >= 15 is 0 Å². The van der Waals surface area contributed by atoms with E-state index in [9.17, 15) is 14.9 Å². The summed E-state index contributed by atoms with van der Waals surface area (Å²) in [4.78, 5) is 29.9. The third kappa shape index (κ3) is 3.75. The summed E-state index contributed by atoms with van der Waals surface area (Å²) in [5.74, 6) is 0.0242. The first-order valence-corrected chi connectivity index (χ1v) is 9.13. The van der Waals surface area contributed by atoms with Gasteiger partial charge in [0.2, 0.25) is 5.91 Å². The molecule has 0 saturated carbocycles. The van der Waals surface area contributed by atoms with Gasteiger partial charge in [0.1, 0.15) is 0 Å². The van der Waals surface area contributed by atoms with Crippen LogP contribution in [0.3, 0.4) is 0 Å². The number of hydrogen-bond acceptors (Lipinski definition) is 5. The van der Waals surface area contributed by atoms with Crippen LogP contribution < -0.4 is 5.32 Å². The molecule has 3 aromatic carbocycles. The fourth-order valence-electron chi connectivity index (χ4n) is 2.75. The zero-order chi connectivity index (χ0) is 18.8. The maximum absolute atomic E-state index is 12.2. The maximum atomic E-state index is 12.2. The standard InChI is InChI=1S/C19H14N4O3S/c24-18(20-14-6-5-12-3-1-2-4-13(12)9-14)11-27-19-21-16-8-7-15(23(25)26)10-17(16)22-19/h1-10H,11H2,(H,20,24)(H,21,22). The van der Waals surface area contributed by atoms with Crippen LogP contribution in [0.2, 0.25) is 0 Å². The summed E-state index contributed by atoms with van der Waals surface area (Å²) in [7, 11) is 0. The summed E-state index contributed by atoms with van der Waals surface area (Å²) < 4.78 is 0. The Balaban J connectivity index is 1.42. The van der Waals surface area contributed by atoms with Gasteiger partial charge in [-0.15, -0.1) is 0 Å². The number of imidazole rings is 1. The molecule has 2 N–H and O–H groups in total. The molecule has 0 unspecified atom stereocenters. The van der Waals surface area contributed by atoms with Crippen molar-refractivity contribution in [2.45, 2.75) is 5.16 Å². The van der Waals surface area contributed by atoms with Crippen LogP contribution in [0.25, 0.3) is 21.8 Å². The SMILES string of the molecule is O=C(CSc1nc2ccc([N+](=O)[O-])cc2[nH]1)Nc1ccc2ccccc2c1. The maximum Gasteiger partial charge on any atom is 0.271 e. The van der Waals surface area contributed by atoms with E-state index in [1.54, 1.807) is 6.07 Å². The van der Waals surface area contributed by atoms with Crippen LogP contribution in [0.5, 0.6) is 0 Å². The van der Waals surface area contributed by atoms with Crippen LogP contribution in [0.1, 0.15) is 0 Å². The number of anilines is 1. The van der Waals surface area contributed by atoms with E-state index in [2.05, 4.69) is 15.3 Å². The van der Waals surface area contributed by atoms with Crippen molar-refractivity contribution >= 4 is 50.8 Å². The van der Waals surface area contributed by atoms with Crippen molar-refractivity contribution in [1.82, 2.24) is 9.97 Å². The van der Waals surface area contributed by atoms with Gasteiger partial charge in [-0.1, -0.05) is 42.1 Å². The third-order valence-corrected chi connectivity index (χ3v) is 4.90. The number of nitrogens with one attached hydrogen (secondary N) is 2. The second-order valence-corrected chi connectivity index (χ2v) is 6.86. The van der Waals surface area contributed by atoms with Crippen LogP contribution in [0, 0.1) is 10.1 Å². The highest BCUT2D eigenvalue weighted by atomic mass is 32.2. The van der Waals surface area contributed by atoms with Crippen LogP contribution in [0.15, 0.2) is 65.8 Å². The molecule has 0 aliphatic heterocycles. The number of hydrogen-bond donors (Lipinski definition) is 2. The first-order chi connectivity index (χ1) is 13.1. The Bertz CT molecular complexity index is 1170. The summed E-state index contributed by atoms with van der Waals surface area (Å²) >= 11 is 1.24. The molecule has 0 aliphatic rings. The lowest BCUT2D eigenvalue weighted by molar-refractivity contribution is -0.384. The first-order valence-electron chi connectivity index (χ1n) is 8.14. The van der Waals surface area contributed by atoms with Crippen molar-refractivity contribution in [2.24, 2.45) is 0 Å². The second-order valence-electron chi connectivity index (χ2n) is 5.90. The average molecular weight is 378 g/mol. The first kappa shape index (κ1) is 17.0. The smallest absolute Gasteiger partial charge is 0.271 e. The number of H-pyrrole nitrogens is 1. The van der Waals surface area contributed by atoms with Gasteiger partial charge in [0.25, 0.3) is 5.69 Å². The summed E-state index contributed by atoms with van der Waals surface area (Å²) in [6.07, 6.45) is 0. The largest absolute Gasteiger partial charge is 0.333 e. The zero-order valence-corrected chi connectivity index (χ0v) is 14.8. The lowest BCUT2D eigenvalue weighted by Crippen LogP contribution is -2.14. The van der Waals surface area contributed by atoms with Crippen LogP contribution in [-0.2, 0) is 4.79 Å². The van der Waals surface area contributed by atoms with Gasteiger partial charge in [-0.25, -0.2) is 4.98 Å².